The number of carbonyl (C=O) groups is 2. The molecule has 0 spiro atoms. The van der Waals surface area contributed by atoms with E-state index in [1.54, 1.807) is 6.07 Å². The molecule has 2 unspecified atom stereocenters. The highest BCUT2D eigenvalue weighted by Crippen LogP contribution is 2.28. The van der Waals surface area contributed by atoms with Crippen molar-refractivity contribution in [3.05, 3.63) is 71.3 Å². The van der Waals surface area contributed by atoms with E-state index in [9.17, 15) is 9.59 Å². The molecule has 0 radical (unpaired) electrons. The first-order valence-corrected chi connectivity index (χ1v) is 7.54. The second-order valence-electron chi connectivity index (χ2n) is 5.60. The monoisotopic (exact) mass is 294 g/mol. The molecule has 0 saturated heterocycles. The van der Waals surface area contributed by atoms with Crippen LogP contribution in [0.3, 0.4) is 0 Å². The van der Waals surface area contributed by atoms with Gasteiger partial charge in [-0.15, -0.1) is 0 Å². The Morgan fingerprint density at radius 1 is 1.09 bits per heavy atom. The van der Waals surface area contributed by atoms with Gasteiger partial charge in [-0.3, -0.25) is 9.59 Å². The number of carbonyl (C=O) groups excluding carboxylic acids is 2. The molecule has 0 saturated carbocycles. The topological polar surface area (TPSA) is 43.4 Å². The highest BCUT2D eigenvalue weighted by molar-refractivity contribution is 6.10. The van der Waals surface area contributed by atoms with E-state index in [0.29, 0.717) is 12.0 Å². The zero-order valence-corrected chi connectivity index (χ0v) is 12.5. The van der Waals surface area contributed by atoms with E-state index in [1.807, 2.05) is 55.5 Å². The molecule has 0 aromatic heterocycles. The Balaban J connectivity index is 1.73. The number of Topliss-reactive ketones (excluding diaryl/α,β-unsaturated/α-hetero) is 1. The molecule has 0 bridgehead atoms. The van der Waals surface area contributed by atoms with Crippen LogP contribution in [0.5, 0.6) is 0 Å². The highest BCUT2D eigenvalue weighted by atomic mass is 16.5. The summed E-state index contributed by atoms with van der Waals surface area (Å²) in [6.45, 7) is 1.83. The molecule has 2 atom stereocenters. The van der Waals surface area contributed by atoms with Crippen molar-refractivity contribution in [1.82, 2.24) is 0 Å². The Hall–Kier alpha value is -2.42. The first-order chi connectivity index (χ1) is 10.7. The number of esters is 1. The van der Waals surface area contributed by atoms with Crippen LogP contribution in [0.2, 0.25) is 0 Å². The molecule has 3 rings (SSSR count). The van der Waals surface area contributed by atoms with Gasteiger partial charge in [0.25, 0.3) is 0 Å². The van der Waals surface area contributed by atoms with E-state index in [1.165, 1.54) is 0 Å². The number of hydrogen-bond acceptors (Lipinski definition) is 3. The predicted octanol–water partition coefficient (Wildman–Crippen LogP) is 3.74. The van der Waals surface area contributed by atoms with Gasteiger partial charge in [0.2, 0.25) is 0 Å². The fourth-order valence-electron chi connectivity index (χ4n) is 2.87. The quantitative estimate of drug-likeness (QED) is 0.640. The summed E-state index contributed by atoms with van der Waals surface area (Å²) in [5, 5.41) is 0. The lowest BCUT2D eigenvalue weighted by Gasteiger charge is -2.23. The number of aryl methyl sites for hydroxylation is 1. The standard InChI is InChI=1S/C19H18O3/c1-13(14-7-3-2-4-8-14)22-19(21)17-12-11-15-9-5-6-10-16(15)18(17)20/h2-10,13,17H,11-12H2,1H3. The molecule has 0 amide bonds. The fourth-order valence-corrected chi connectivity index (χ4v) is 2.87. The lowest BCUT2D eigenvalue weighted by atomic mass is 9.83. The average molecular weight is 294 g/mol. The minimum absolute atomic E-state index is 0.118. The van der Waals surface area contributed by atoms with Crippen LogP contribution in [0.25, 0.3) is 0 Å². The summed E-state index contributed by atoms with van der Waals surface area (Å²) in [5.41, 5.74) is 2.61. The molecule has 0 aliphatic heterocycles. The SMILES string of the molecule is CC(OC(=O)C1CCc2ccccc2C1=O)c1ccccc1. The molecule has 1 aliphatic carbocycles. The van der Waals surface area contributed by atoms with Gasteiger partial charge in [-0.05, 0) is 30.9 Å². The summed E-state index contributed by atoms with van der Waals surface area (Å²) in [7, 11) is 0. The van der Waals surface area contributed by atoms with Gasteiger partial charge in [0, 0.05) is 5.56 Å². The maximum Gasteiger partial charge on any atom is 0.317 e. The average Bonchev–Trinajstić information content (AvgIpc) is 2.56. The zero-order valence-electron chi connectivity index (χ0n) is 12.5. The third-order valence-corrected chi connectivity index (χ3v) is 4.15. The van der Waals surface area contributed by atoms with E-state index < -0.39 is 11.9 Å². The van der Waals surface area contributed by atoms with Gasteiger partial charge in [-0.1, -0.05) is 54.6 Å². The van der Waals surface area contributed by atoms with Crippen LogP contribution in [0.15, 0.2) is 54.6 Å². The predicted molar refractivity (Wildman–Crippen MR) is 83.5 cm³/mol. The van der Waals surface area contributed by atoms with Crippen LogP contribution in [-0.2, 0) is 16.0 Å². The van der Waals surface area contributed by atoms with Gasteiger partial charge in [-0.25, -0.2) is 0 Å². The largest absolute Gasteiger partial charge is 0.457 e. The highest BCUT2D eigenvalue weighted by Gasteiger charge is 2.34. The molecule has 22 heavy (non-hydrogen) atoms. The molecular formula is C19H18O3. The van der Waals surface area contributed by atoms with Crippen LogP contribution in [-0.4, -0.2) is 11.8 Å². The molecular weight excluding hydrogens is 276 g/mol. The smallest absolute Gasteiger partial charge is 0.317 e. The normalized spacial score (nSPS) is 18.4. The van der Waals surface area contributed by atoms with Crippen molar-refractivity contribution in [3.8, 4) is 0 Å². The Morgan fingerprint density at radius 3 is 2.55 bits per heavy atom. The van der Waals surface area contributed by atoms with Crippen molar-refractivity contribution in [2.24, 2.45) is 5.92 Å². The number of hydrogen-bond donors (Lipinski definition) is 0. The fraction of sp³-hybridized carbons (Fsp3) is 0.263. The van der Waals surface area contributed by atoms with Gasteiger partial charge >= 0.3 is 5.97 Å². The summed E-state index contributed by atoms with van der Waals surface area (Å²) in [6, 6.07) is 17.0. The van der Waals surface area contributed by atoms with Crippen molar-refractivity contribution in [1.29, 1.82) is 0 Å². The van der Waals surface area contributed by atoms with Gasteiger partial charge in [0.15, 0.2) is 5.78 Å². The molecule has 3 nitrogen and oxygen atoms in total. The minimum atomic E-state index is -0.680. The first kappa shape index (κ1) is 14.5. The van der Waals surface area contributed by atoms with Crippen LogP contribution in [0.1, 0.15) is 40.9 Å². The second kappa shape index (κ2) is 6.14. The van der Waals surface area contributed by atoms with E-state index >= 15 is 0 Å². The van der Waals surface area contributed by atoms with E-state index in [-0.39, 0.29) is 11.9 Å². The van der Waals surface area contributed by atoms with Crippen molar-refractivity contribution in [3.63, 3.8) is 0 Å². The van der Waals surface area contributed by atoms with Crippen molar-refractivity contribution >= 4 is 11.8 Å². The molecule has 2 aromatic carbocycles. The minimum Gasteiger partial charge on any atom is -0.457 e. The number of ketones is 1. The molecule has 1 aliphatic rings. The first-order valence-electron chi connectivity index (χ1n) is 7.54. The Kier molecular flexibility index (Phi) is 4.05. The van der Waals surface area contributed by atoms with Gasteiger partial charge in [0.05, 0.1) is 0 Å². The lowest BCUT2D eigenvalue weighted by Crippen LogP contribution is -2.31. The molecule has 0 N–H and O–H groups in total. The third-order valence-electron chi connectivity index (χ3n) is 4.15. The van der Waals surface area contributed by atoms with Crippen molar-refractivity contribution in [2.75, 3.05) is 0 Å². The third kappa shape index (κ3) is 2.80. The van der Waals surface area contributed by atoms with E-state index in [4.69, 9.17) is 4.74 Å². The van der Waals surface area contributed by atoms with Crippen molar-refractivity contribution in [2.45, 2.75) is 25.9 Å². The summed E-state index contributed by atoms with van der Waals surface area (Å²) in [4.78, 5) is 24.8. The summed E-state index contributed by atoms with van der Waals surface area (Å²) < 4.78 is 5.50. The van der Waals surface area contributed by atoms with Crippen LogP contribution < -0.4 is 0 Å². The maximum atomic E-state index is 12.5. The van der Waals surface area contributed by atoms with Gasteiger partial charge in [-0.2, -0.15) is 0 Å². The van der Waals surface area contributed by atoms with Gasteiger partial charge in [0.1, 0.15) is 12.0 Å². The molecule has 2 aromatic rings. The Bertz CT molecular complexity index is 691. The second-order valence-corrected chi connectivity index (χ2v) is 5.60. The van der Waals surface area contributed by atoms with E-state index in [2.05, 4.69) is 0 Å². The van der Waals surface area contributed by atoms with E-state index in [0.717, 1.165) is 17.5 Å². The van der Waals surface area contributed by atoms with Crippen LogP contribution in [0.4, 0.5) is 0 Å². The maximum absolute atomic E-state index is 12.5. The number of ether oxygens (including phenoxy) is 1. The lowest BCUT2D eigenvalue weighted by molar-refractivity contribution is -0.152. The Morgan fingerprint density at radius 2 is 1.77 bits per heavy atom. The summed E-state index contributed by atoms with van der Waals surface area (Å²) in [5.74, 6) is -1.22. The van der Waals surface area contributed by atoms with Crippen LogP contribution in [0, 0.1) is 5.92 Å². The zero-order chi connectivity index (χ0) is 15.5. The molecule has 3 heteroatoms. The Labute approximate surface area is 129 Å². The number of benzene rings is 2. The molecule has 0 fully saturated rings. The molecule has 112 valence electrons. The van der Waals surface area contributed by atoms with Gasteiger partial charge < -0.3 is 4.74 Å². The summed E-state index contributed by atoms with van der Waals surface area (Å²) in [6.07, 6.45) is 0.913. The number of fused-ring (bicyclic) bond motifs is 1. The van der Waals surface area contributed by atoms with Crippen LogP contribution >= 0.6 is 0 Å². The summed E-state index contributed by atoms with van der Waals surface area (Å²) >= 11 is 0. The van der Waals surface area contributed by atoms with Crippen molar-refractivity contribution < 1.29 is 14.3 Å². The number of rotatable bonds is 3. The molecule has 0 heterocycles.